The Morgan fingerprint density at radius 2 is 1.86 bits per heavy atom. The molecule has 0 fully saturated rings. The van der Waals surface area contributed by atoms with Gasteiger partial charge in [-0.15, -0.1) is 0 Å². The smallest absolute Gasteiger partial charge is 0.0649 e. The van der Waals surface area contributed by atoms with Gasteiger partial charge in [-0.25, -0.2) is 4.68 Å². The Morgan fingerprint density at radius 3 is 2.52 bits per heavy atom. The van der Waals surface area contributed by atoms with Gasteiger partial charge in [0.05, 0.1) is 17.4 Å². The number of benzene rings is 1. The zero-order valence-corrected chi connectivity index (χ0v) is 13.4. The molecule has 21 heavy (non-hydrogen) atoms. The molecule has 2 rings (SSSR count). The van der Waals surface area contributed by atoms with Gasteiger partial charge in [-0.05, 0) is 43.5 Å². The average molecular weight is 285 g/mol. The summed E-state index contributed by atoms with van der Waals surface area (Å²) >= 11 is 0. The van der Waals surface area contributed by atoms with Crippen LogP contribution in [0, 0.1) is 5.92 Å². The molecule has 0 bridgehead atoms. The Hall–Kier alpha value is -1.61. The van der Waals surface area contributed by atoms with E-state index in [-0.39, 0.29) is 0 Å². The molecule has 114 valence electrons. The minimum absolute atomic E-state index is 0.354. The van der Waals surface area contributed by atoms with Gasteiger partial charge in [0.15, 0.2) is 0 Å². The molecular formula is C18H27N3. The minimum atomic E-state index is 0.354. The van der Waals surface area contributed by atoms with Crippen molar-refractivity contribution < 1.29 is 0 Å². The Kier molecular flexibility index (Phi) is 6.00. The van der Waals surface area contributed by atoms with Crippen LogP contribution in [-0.2, 0) is 0 Å². The highest BCUT2D eigenvalue weighted by Gasteiger charge is 2.22. The van der Waals surface area contributed by atoms with Crippen LogP contribution < -0.4 is 5.32 Å². The molecular weight excluding hydrogens is 258 g/mol. The monoisotopic (exact) mass is 285 g/mol. The maximum Gasteiger partial charge on any atom is 0.0649 e. The lowest BCUT2D eigenvalue weighted by Crippen LogP contribution is -2.29. The van der Waals surface area contributed by atoms with E-state index in [0.717, 1.165) is 18.7 Å². The third-order valence-electron chi connectivity index (χ3n) is 3.92. The van der Waals surface area contributed by atoms with Gasteiger partial charge in [0.25, 0.3) is 0 Å². The molecule has 0 saturated carbocycles. The van der Waals surface area contributed by atoms with E-state index in [1.54, 1.807) is 0 Å². The Balaban J connectivity index is 2.30. The molecule has 0 aliphatic heterocycles. The third kappa shape index (κ3) is 3.94. The second-order valence-electron chi connectivity index (χ2n) is 5.70. The Bertz CT molecular complexity index is 518. The first-order chi connectivity index (χ1) is 10.3. The van der Waals surface area contributed by atoms with Crippen molar-refractivity contribution in [3.63, 3.8) is 0 Å². The minimum Gasteiger partial charge on any atom is -0.308 e. The maximum absolute atomic E-state index is 4.53. The molecule has 0 aliphatic rings. The van der Waals surface area contributed by atoms with E-state index in [4.69, 9.17) is 0 Å². The lowest BCUT2D eigenvalue weighted by atomic mass is 9.94. The first-order valence-corrected chi connectivity index (χ1v) is 8.10. The van der Waals surface area contributed by atoms with Gasteiger partial charge in [0.2, 0.25) is 0 Å². The van der Waals surface area contributed by atoms with Crippen LogP contribution in [0.25, 0.3) is 5.69 Å². The fourth-order valence-corrected chi connectivity index (χ4v) is 2.85. The quantitative estimate of drug-likeness (QED) is 0.781. The molecule has 3 nitrogen and oxygen atoms in total. The summed E-state index contributed by atoms with van der Waals surface area (Å²) in [5, 5.41) is 8.24. The molecule has 1 heterocycles. The molecule has 1 aromatic carbocycles. The highest BCUT2D eigenvalue weighted by atomic mass is 15.3. The third-order valence-corrected chi connectivity index (χ3v) is 3.92. The largest absolute Gasteiger partial charge is 0.308 e. The lowest BCUT2D eigenvalue weighted by Gasteiger charge is -2.26. The summed E-state index contributed by atoms with van der Waals surface area (Å²) in [5.74, 6) is 0.598. The van der Waals surface area contributed by atoms with Gasteiger partial charge >= 0.3 is 0 Å². The van der Waals surface area contributed by atoms with Crippen molar-refractivity contribution in [2.45, 2.75) is 46.1 Å². The first-order valence-electron chi connectivity index (χ1n) is 8.10. The average Bonchev–Trinajstić information content (AvgIpc) is 2.98. The van der Waals surface area contributed by atoms with Gasteiger partial charge < -0.3 is 5.32 Å². The topological polar surface area (TPSA) is 29.9 Å². The van der Waals surface area contributed by atoms with Crippen molar-refractivity contribution in [3.8, 4) is 5.69 Å². The summed E-state index contributed by atoms with van der Waals surface area (Å²) in [4.78, 5) is 0. The lowest BCUT2D eigenvalue weighted by molar-refractivity contribution is 0.351. The molecule has 2 unspecified atom stereocenters. The first kappa shape index (κ1) is 15.8. The van der Waals surface area contributed by atoms with Crippen LogP contribution >= 0.6 is 0 Å². The van der Waals surface area contributed by atoms with Crippen molar-refractivity contribution in [2.75, 3.05) is 6.54 Å². The summed E-state index contributed by atoms with van der Waals surface area (Å²) in [5.41, 5.74) is 2.39. The van der Waals surface area contributed by atoms with E-state index >= 15 is 0 Å². The van der Waals surface area contributed by atoms with E-state index in [9.17, 15) is 0 Å². The fourth-order valence-electron chi connectivity index (χ4n) is 2.85. The zero-order valence-electron chi connectivity index (χ0n) is 13.4. The summed E-state index contributed by atoms with van der Waals surface area (Å²) in [6, 6.07) is 12.9. The SMILES string of the molecule is CCCNC(c1ccnn1-c1ccccc1)C(C)CCC. The number of nitrogens with zero attached hydrogens (tertiary/aromatic N) is 2. The number of hydrogen-bond acceptors (Lipinski definition) is 2. The highest BCUT2D eigenvalue weighted by molar-refractivity contribution is 5.33. The van der Waals surface area contributed by atoms with Crippen LogP contribution in [-0.4, -0.2) is 16.3 Å². The Labute approximate surface area is 128 Å². The summed E-state index contributed by atoms with van der Waals surface area (Å²) < 4.78 is 2.07. The summed E-state index contributed by atoms with van der Waals surface area (Å²) in [6.45, 7) is 7.84. The number of para-hydroxylation sites is 1. The normalized spacial score (nSPS) is 14.0. The van der Waals surface area contributed by atoms with Gasteiger partial charge in [0.1, 0.15) is 0 Å². The van der Waals surface area contributed by atoms with Crippen molar-refractivity contribution in [3.05, 3.63) is 48.3 Å². The number of aromatic nitrogens is 2. The summed E-state index contributed by atoms with van der Waals surface area (Å²) in [7, 11) is 0. The molecule has 3 heteroatoms. The number of rotatable bonds is 8. The van der Waals surface area contributed by atoms with Gasteiger partial charge in [-0.3, -0.25) is 0 Å². The predicted molar refractivity (Wildman–Crippen MR) is 88.7 cm³/mol. The van der Waals surface area contributed by atoms with Crippen molar-refractivity contribution in [1.82, 2.24) is 15.1 Å². The highest BCUT2D eigenvalue weighted by Crippen LogP contribution is 2.27. The van der Waals surface area contributed by atoms with E-state index in [0.29, 0.717) is 12.0 Å². The van der Waals surface area contributed by atoms with Crippen LogP contribution in [0.2, 0.25) is 0 Å². The van der Waals surface area contributed by atoms with Gasteiger partial charge in [-0.2, -0.15) is 5.10 Å². The standard InChI is InChI=1S/C18H27N3/c1-4-9-15(3)18(19-13-5-2)17-12-14-20-21(17)16-10-7-6-8-11-16/h6-8,10-12,14-15,18-19H,4-5,9,13H2,1-3H3. The Morgan fingerprint density at radius 1 is 1.10 bits per heavy atom. The molecule has 0 saturated heterocycles. The molecule has 2 atom stereocenters. The number of hydrogen-bond donors (Lipinski definition) is 1. The summed E-state index contributed by atoms with van der Waals surface area (Å²) in [6.07, 6.45) is 5.49. The molecule has 0 amide bonds. The van der Waals surface area contributed by atoms with E-state index < -0.39 is 0 Å². The van der Waals surface area contributed by atoms with Crippen LogP contribution in [0.4, 0.5) is 0 Å². The van der Waals surface area contributed by atoms with E-state index in [1.807, 2.05) is 12.3 Å². The number of nitrogens with one attached hydrogen (secondary N) is 1. The molecule has 0 spiro atoms. The molecule has 2 aromatic rings. The van der Waals surface area contributed by atoms with E-state index in [1.165, 1.54) is 18.5 Å². The fraction of sp³-hybridized carbons (Fsp3) is 0.500. The maximum atomic E-state index is 4.53. The van der Waals surface area contributed by atoms with Crippen LogP contribution in [0.5, 0.6) is 0 Å². The van der Waals surface area contributed by atoms with Crippen molar-refractivity contribution in [1.29, 1.82) is 0 Å². The molecule has 0 aliphatic carbocycles. The van der Waals surface area contributed by atoms with E-state index in [2.05, 4.69) is 66.2 Å². The van der Waals surface area contributed by atoms with Crippen molar-refractivity contribution in [2.24, 2.45) is 5.92 Å². The zero-order chi connectivity index (χ0) is 15.1. The van der Waals surface area contributed by atoms with Crippen LogP contribution in [0.1, 0.15) is 51.8 Å². The van der Waals surface area contributed by atoms with Crippen LogP contribution in [0.15, 0.2) is 42.6 Å². The van der Waals surface area contributed by atoms with Crippen molar-refractivity contribution >= 4 is 0 Å². The molecule has 1 aromatic heterocycles. The second-order valence-corrected chi connectivity index (χ2v) is 5.70. The van der Waals surface area contributed by atoms with Gasteiger partial charge in [0, 0.05) is 6.20 Å². The van der Waals surface area contributed by atoms with Crippen LogP contribution in [0.3, 0.4) is 0 Å². The predicted octanol–water partition coefficient (Wildman–Crippen LogP) is 4.35. The second kappa shape index (κ2) is 7.99. The van der Waals surface area contributed by atoms with Gasteiger partial charge in [-0.1, -0.05) is 45.4 Å². The molecule has 0 radical (unpaired) electrons. The molecule has 1 N–H and O–H groups in total.